The minimum absolute atomic E-state index is 0.0446. The molecule has 10 nitrogen and oxygen atoms in total. The highest BCUT2D eigenvalue weighted by Gasteiger charge is 2.57. The SMILES string of the molecule is CN(C(=O)c1ccccc1)C(Cc1cccc(C(=O)O)c1O)(B(O)O)C1CCNCC1C(=O)O. The first-order chi connectivity index (χ1) is 16.1. The molecule has 2 aromatic rings. The number of phenols is 1. The predicted molar refractivity (Wildman–Crippen MR) is 122 cm³/mol. The molecule has 1 saturated heterocycles. The maximum absolute atomic E-state index is 13.4. The van der Waals surface area contributed by atoms with Gasteiger partial charge in [0.25, 0.3) is 5.91 Å². The Hall–Kier alpha value is -3.41. The van der Waals surface area contributed by atoms with Gasteiger partial charge in [-0.15, -0.1) is 0 Å². The van der Waals surface area contributed by atoms with Gasteiger partial charge in [-0.25, -0.2) is 4.79 Å². The molecule has 6 N–H and O–H groups in total. The van der Waals surface area contributed by atoms with Crippen molar-refractivity contribution < 1.29 is 39.8 Å². The van der Waals surface area contributed by atoms with E-state index in [0.29, 0.717) is 6.54 Å². The van der Waals surface area contributed by atoms with Crippen molar-refractivity contribution in [2.24, 2.45) is 11.8 Å². The van der Waals surface area contributed by atoms with Gasteiger partial charge in [-0.1, -0.05) is 30.3 Å². The Bertz CT molecular complexity index is 1060. The molecule has 34 heavy (non-hydrogen) atoms. The third-order valence-corrected chi connectivity index (χ3v) is 6.66. The van der Waals surface area contributed by atoms with Gasteiger partial charge in [0, 0.05) is 19.2 Å². The van der Waals surface area contributed by atoms with Crippen molar-refractivity contribution in [2.45, 2.75) is 18.3 Å². The molecule has 11 heteroatoms. The van der Waals surface area contributed by atoms with E-state index in [9.17, 15) is 39.8 Å². The van der Waals surface area contributed by atoms with E-state index in [1.54, 1.807) is 30.3 Å². The molecule has 2 aromatic carbocycles. The highest BCUT2D eigenvalue weighted by molar-refractivity contribution is 6.46. The number of aliphatic carboxylic acids is 1. The van der Waals surface area contributed by atoms with E-state index >= 15 is 0 Å². The summed E-state index contributed by atoms with van der Waals surface area (Å²) in [4.78, 5) is 38.2. The Labute approximate surface area is 196 Å². The zero-order chi connectivity index (χ0) is 25.0. The fourth-order valence-electron chi connectivity index (χ4n) is 4.85. The maximum atomic E-state index is 13.4. The van der Waals surface area contributed by atoms with E-state index in [1.807, 2.05) is 0 Å². The van der Waals surface area contributed by atoms with E-state index in [2.05, 4.69) is 5.32 Å². The van der Waals surface area contributed by atoms with Crippen molar-refractivity contribution in [3.63, 3.8) is 0 Å². The van der Waals surface area contributed by atoms with Gasteiger partial charge in [-0.05, 0) is 49.1 Å². The minimum Gasteiger partial charge on any atom is -0.507 e. The number of carboxylic acids is 2. The van der Waals surface area contributed by atoms with Crippen LogP contribution in [0.2, 0.25) is 0 Å². The molecule has 3 unspecified atom stereocenters. The van der Waals surface area contributed by atoms with Crippen LogP contribution in [-0.4, -0.2) is 80.8 Å². The molecule has 0 aromatic heterocycles. The third-order valence-electron chi connectivity index (χ3n) is 6.66. The standard InChI is InChI=1S/C23H27BN2O8/c1-26(20(28)14-6-3-2-4-7-14)23(24(33)34,18-10-11-25-13-17(18)22(31)32)12-15-8-5-9-16(19(15)27)21(29)30/h2-9,17-18,25,27,33-34H,10-13H2,1H3,(H,29,30)(H,31,32). The molecule has 0 spiro atoms. The molecule has 1 aliphatic heterocycles. The molecule has 1 amide bonds. The molecule has 3 atom stereocenters. The number of rotatable bonds is 8. The second kappa shape index (κ2) is 10.2. The summed E-state index contributed by atoms with van der Waals surface area (Å²) in [5, 5.41) is 54.4. The number of benzene rings is 2. The van der Waals surface area contributed by atoms with Gasteiger partial charge >= 0.3 is 19.1 Å². The molecule has 0 aliphatic carbocycles. The number of para-hydroxylation sites is 1. The summed E-state index contributed by atoms with van der Waals surface area (Å²) in [6.07, 6.45) is -0.193. The largest absolute Gasteiger partial charge is 0.507 e. The van der Waals surface area contributed by atoms with Gasteiger partial charge in [0.15, 0.2) is 0 Å². The van der Waals surface area contributed by atoms with Crippen molar-refractivity contribution in [3.8, 4) is 5.75 Å². The quantitative estimate of drug-likeness (QED) is 0.301. The highest BCUT2D eigenvalue weighted by atomic mass is 16.4. The Morgan fingerprint density at radius 3 is 2.35 bits per heavy atom. The summed E-state index contributed by atoms with van der Waals surface area (Å²) in [7, 11) is -0.851. The van der Waals surface area contributed by atoms with Crippen LogP contribution < -0.4 is 5.32 Å². The first-order valence-electron chi connectivity index (χ1n) is 10.8. The number of likely N-dealkylation sites (N-methyl/N-ethyl adjacent to an activating group) is 1. The number of amides is 1. The molecule has 0 saturated carbocycles. The predicted octanol–water partition coefficient (Wildman–Crippen LogP) is 0.466. The first kappa shape index (κ1) is 25.2. The summed E-state index contributed by atoms with van der Waals surface area (Å²) in [6.45, 7) is 0.417. The molecule has 0 bridgehead atoms. The fraction of sp³-hybridized carbons (Fsp3) is 0.348. The van der Waals surface area contributed by atoms with E-state index in [0.717, 1.165) is 4.90 Å². The molecule has 180 valence electrons. The van der Waals surface area contributed by atoms with Crippen LogP contribution in [0.4, 0.5) is 0 Å². The number of nitrogens with one attached hydrogen (secondary N) is 1. The summed E-state index contributed by atoms with van der Waals surface area (Å²) in [5.41, 5.74) is -1.99. The zero-order valence-electron chi connectivity index (χ0n) is 18.6. The van der Waals surface area contributed by atoms with E-state index < -0.39 is 53.6 Å². The number of carbonyl (C=O) groups is 3. The van der Waals surface area contributed by atoms with E-state index in [4.69, 9.17) is 0 Å². The second-order valence-electron chi connectivity index (χ2n) is 8.43. The molecular formula is C23H27BN2O8. The summed E-state index contributed by atoms with van der Waals surface area (Å²) in [6, 6.07) is 12.1. The molecule has 1 heterocycles. The van der Waals surface area contributed by atoms with Gasteiger partial charge in [0.1, 0.15) is 11.3 Å². The van der Waals surface area contributed by atoms with Crippen LogP contribution in [0, 0.1) is 11.8 Å². The van der Waals surface area contributed by atoms with Gasteiger partial charge in [0.2, 0.25) is 0 Å². The van der Waals surface area contributed by atoms with Crippen LogP contribution in [0.5, 0.6) is 5.75 Å². The van der Waals surface area contributed by atoms with Crippen molar-refractivity contribution >= 4 is 25.0 Å². The van der Waals surface area contributed by atoms with Crippen molar-refractivity contribution in [1.29, 1.82) is 0 Å². The average molecular weight is 470 g/mol. The van der Waals surface area contributed by atoms with Crippen LogP contribution in [-0.2, 0) is 11.2 Å². The Kier molecular flexibility index (Phi) is 7.60. The van der Waals surface area contributed by atoms with Gasteiger partial charge in [-0.2, -0.15) is 0 Å². The number of aromatic carboxylic acids is 1. The normalized spacial score (nSPS) is 19.6. The molecule has 1 fully saturated rings. The lowest BCUT2D eigenvalue weighted by Gasteiger charge is -2.50. The third kappa shape index (κ3) is 4.63. The Morgan fingerprint density at radius 1 is 1.09 bits per heavy atom. The Morgan fingerprint density at radius 2 is 1.76 bits per heavy atom. The number of carbonyl (C=O) groups excluding carboxylic acids is 1. The van der Waals surface area contributed by atoms with Crippen LogP contribution >= 0.6 is 0 Å². The van der Waals surface area contributed by atoms with Gasteiger partial charge in [0.05, 0.1) is 11.4 Å². The summed E-state index contributed by atoms with van der Waals surface area (Å²) in [5.74, 6) is -5.73. The van der Waals surface area contributed by atoms with Crippen molar-refractivity contribution in [1.82, 2.24) is 10.2 Å². The summed E-state index contributed by atoms with van der Waals surface area (Å²) < 4.78 is 0. The van der Waals surface area contributed by atoms with E-state index in [-0.39, 0.29) is 30.5 Å². The summed E-state index contributed by atoms with van der Waals surface area (Å²) >= 11 is 0. The van der Waals surface area contributed by atoms with Gasteiger partial charge < -0.3 is 35.6 Å². The lowest BCUT2D eigenvalue weighted by molar-refractivity contribution is -0.146. The molecular weight excluding hydrogens is 443 g/mol. The van der Waals surface area contributed by atoms with Crippen LogP contribution in [0.3, 0.4) is 0 Å². The number of aromatic hydroxyl groups is 1. The number of hydrogen-bond donors (Lipinski definition) is 6. The average Bonchev–Trinajstić information content (AvgIpc) is 2.82. The number of nitrogens with zero attached hydrogens (tertiary/aromatic N) is 1. The monoisotopic (exact) mass is 470 g/mol. The smallest absolute Gasteiger partial charge is 0.479 e. The van der Waals surface area contributed by atoms with Crippen LogP contribution in [0.25, 0.3) is 0 Å². The molecule has 3 rings (SSSR count). The zero-order valence-corrected chi connectivity index (χ0v) is 18.6. The van der Waals surface area contributed by atoms with Crippen LogP contribution in [0.15, 0.2) is 48.5 Å². The molecule has 1 aliphatic rings. The van der Waals surface area contributed by atoms with Crippen molar-refractivity contribution in [3.05, 3.63) is 65.2 Å². The maximum Gasteiger partial charge on any atom is 0.479 e. The number of carboxylic acid groups (broad SMARTS) is 2. The number of hydrogen-bond acceptors (Lipinski definition) is 7. The topological polar surface area (TPSA) is 168 Å². The minimum atomic E-state index is -2.21. The molecule has 0 radical (unpaired) electrons. The van der Waals surface area contributed by atoms with Gasteiger partial charge in [-0.3, -0.25) is 9.59 Å². The van der Waals surface area contributed by atoms with E-state index in [1.165, 1.54) is 25.2 Å². The lowest BCUT2D eigenvalue weighted by Crippen LogP contribution is -2.69. The lowest BCUT2D eigenvalue weighted by atomic mass is 9.50. The second-order valence-corrected chi connectivity index (χ2v) is 8.43. The van der Waals surface area contributed by atoms with Crippen molar-refractivity contribution in [2.75, 3.05) is 20.1 Å². The number of piperidine rings is 1. The Balaban J connectivity index is 2.20. The first-order valence-corrected chi connectivity index (χ1v) is 10.8. The fourth-order valence-corrected chi connectivity index (χ4v) is 4.85. The van der Waals surface area contributed by atoms with Crippen LogP contribution in [0.1, 0.15) is 32.7 Å². The highest BCUT2D eigenvalue weighted by Crippen LogP contribution is 2.41.